The minimum absolute atomic E-state index is 0.0152. The van der Waals surface area contributed by atoms with Crippen LogP contribution in [0.5, 0.6) is 0 Å². The van der Waals surface area contributed by atoms with Crippen molar-refractivity contribution in [2.45, 2.75) is 13.0 Å². The van der Waals surface area contributed by atoms with E-state index in [1.54, 1.807) is 0 Å². The Morgan fingerprint density at radius 1 is 1.44 bits per heavy atom. The van der Waals surface area contributed by atoms with Crippen LogP contribution in [0.25, 0.3) is 10.9 Å². The number of nitrogens with zero attached hydrogens (tertiary/aromatic N) is 2. The number of H-pyrrole nitrogens is 1. The van der Waals surface area contributed by atoms with Crippen LogP contribution in [0, 0.1) is 0 Å². The minimum Gasteiger partial charge on any atom is -0.332 e. The highest BCUT2D eigenvalue weighted by atomic mass is 16.2. The van der Waals surface area contributed by atoms with Gasteiger partial charge in [0.25, 0.3) is 5.91 Å². The summed E-state index contributed by atoms with van der Waals surface area (Å²) in [4.78, 5) is 14.4. The lowest BCUT2D eigenvalue weighted by molar-refractivity contribution is 0.0626. The van der Waals surface area contributed by atoms with Crippen molar-refractivity contribution >= 4 is 16.8 Å². The molecule has 5 nitrogen and oxygen atoms in total. The van der Waals surface area contributed by atoms with Crippen molar-refractivity contribution in [2.75, 3.05) is 19.6 Å². The van der Waals surface area contributed by atoms with Gasteiger partial charge in [-0.05, 0) is 13.0 Å². The molecular weight excluding hydrogens is 228 g/mol. The molecule has 1 aromatic carbocycles. The number of hydrogen-bond donors (Lipinski definition) is 2. The second-order valence-corrected chi connectivity index (χ2v) is 4.52. The summed E-state index contributed by atoms with van der Waals surface area (Å²) < 4.78 is 0. The Bertz CT molecular complexity index is 573. The van der Waals surface area contributed by atoms with Gasteiger partial charge in [0.2, 0.25) is 0 Å². The van der Waals surface area contributed by atoms with E-state index in [0.29, 0.717) is 18.3 Å². The molecule has 0 spiro atoms. The Morgan fingerprint density at radius 3 is 2.89 bits per heavy atom. The van der Waals surface area contributed by atoms with E-state index in [-0.39, 0.29) is 5.91 Å². The molecule has 0 aliphatic carbocycles. The molecule has 1 aliphatic heterocycles. The third-order valence-corrected chi connectivity index (χ3v) is 3.48. The Hall–Kier alpha value is -1.88. The van der Waals surface area contributed by atoms with E-state index in [1.165, 1.54) is 0 Å². The molecule has 1 aromatic heterocycles. The Labute approximate surface area is 105 Å². The largest absolute Gasteiger partial charge is 0.332 e. The molecule has 5 heteroatoms. The molecule has 0 bridgehead atoms. The van der Waals surface area contributed by atoms with E-state index in [0.717, 1.165) is 24.0 Å². The number of nitrogens with one attached hydrogen (secondary N) is 2. The quantitative estimate of drug-likeness (QED) is 0.846. The number of amides is 1. The van der Waals surface area contributed by atoms with Crippen LogP contribution in [-0.2, 0) is 0 Å². The number of carbonyl (C=O) groups excluding carboxylic acids is 1. The van der Waals surface area contributed by atoms with Gasteiger partial charge >= 0.3 is 0 Å². The summed E-state index contributed by atoms with van der Waals surface area (Å²) in [6.07, 6.45) is 0. The van der Waals surface area contributed by atoms with Crippen LogP contribution in [0.15, 0.2) is 24.3 Å². The van der Waals surface area contributed by atoms with Gasteiger partial charge in [-0.25, -0.2) is 0 Å². The first-order chi connectivity index (χ1) is 8.81. The second-order valence-electron chi connectivity index (χ2n) is 4.52. The predicted octanol–water partition coefficient (Wildman–Crippen LogP) is 0.997. The highest BCUT2D eigenvalue weighted by Gasteiger charge is 2.29. The lowest BCUT2D eigenvalue weighted by Gasteiger charge is -2.37. The van der Waals surface area contributed by atoms with E-state index in [1.807, 2.05) is 36.1 Å². The summed E-state index contributed by atoms with van der Waals surface area (Å²) in [7, 11) is 0. The van der Waals surface area contributed by atoms with E-state index in [9.17, 15) is 4.79 Å². The molecule has 1 aliphatic rings. The molecule has 0 unspecified atom stereocenters. The molecular formula is C13H16N4O. The summed E-state index contributed by atoms with van der Waals surface area (Å²) in [5.74, 6) is 0.0152. The smallest absolute Gasteiger partial charge is 0.275 e. The van der Waals surface area contributed by atoms with E-state index < -0.39 is 0 Å². The monoisotopic (exact) mass is 244 g/mol. The van der Waals surface area contributed by atoms with Crippen LogP contribution in [0.3, 0.4) is 0 Å². The normalized spacial score (nSPS) is 15.6. The van der Waals surface area contributed by atoms with Gasteiger partial charge in [0, 0.05) is 25.0 Å². The van der Waals surface area contributed by atoms with Gasteiger partial charge in [0.05, 0.1) is 11.6 Å². The van der Waals surface area contributed by atoms with Gasteiger partial charge < -0.3 is 10.2 Å². The van der Waals surface area contributed by atoms with Crippen molar-refractivity contribution in [1.82, 2.24) is 20.4 Å². The molecule has 2 heterocycles. The van der Waals surface area contributed by atoms with Crippen LogP contribution in [0.1, 0.15) is 17.4 Å². The van der Waals surface area contributed by atoms with Gasteiger partial charge in [-0.1, -0.05) is 18.2 Å². The van der Waals surface area contributed by atoms with E-state index in [4.69, 9.17) is 0 Å². The maximum absolute atomic E-state index is 12.5. The zero-order chi connectivity index (χ0) is 12.5. The summed E-state index contributed by atoms with van der Waals surface area (Å²) in [5, 5.41) is 11.2. The maximum atomic E-state index is 12.5. The number of para-hydroxylation sites is 1. The predicted molar refractivity (Wildman–Crippen MR) is 69.5 cm³/mol. The molecule has 2 N–H and O–H groups in total. The van der Waals surface area contributed by atoms with Gasteiger partial charge in [-0.3, -0.25) is 9.89 Å². The number of rotatable bonds is 3. The van der Waals surface area contributed by atoms with Crippen LogP contribution in [0.2, 0.25) is 0 Å². The van der Waals surface area contributed by atoms with Crippen molar-refractivity contribution < 1.29 is 4.79 Å². The zero-order valence-corrected chi connectivity index (χ0v) is 10.3. The molecule has 1 amide bonds. The highest BCUT2D eigenvalue weighted by molar-refractivity contribution is 6.04. The van der Waals surface area contributed by atoms with Crippen LogP contribution >= 0.6 is 0 Å². The number of aromatic nitrogens is 2. The van der Waals surface area contributed by atoms with Crippen LogP contribution in [-0.4, -0.2) is 46.7 Å². The Morgan fingerprint density at radius 2 is 2.22 bits per heavy atom. The summed E-state index contributed by atoms with van der Waals surface area (Å²) in [6, 6.07) is 8.02. The fraction of sp³-hybridized carbons (Fsp3) is 0.385. The van der Waals surface area contributed by atoms with Gasteiger partial charge in [0.1, 0.15) is 0 Å². The van der Waals surface area contributed by atoms with Crippen molar-refractivity contribution in [3.8, 4) is 0 Å². The summed E-state index contributed by atoms with van der Waals surface area (Å²) in [6.45, 7) is 4.47. The summed E-state index contributed by atoms with van der Waals surface area (Å²) in [5.41, 5.74) is 1.43. The molecule has 0 atom stereocenters. The molecule has 2 aromatic rings. The lowest BCUT2D eigenvalue weighted by Crippen LogP contribution is -2.58. The fourth-order valence-electron chi connectivity index (χ4n) is 2.32. The topological polar surface area (TPSA) is 61.0 Å². The fourth-order valence-corrected chi connectivity index (χ4v) is 2.32. The van der Waals surface area contributed by atoms with E-state index in [2.05, 4.69) is 15.5 Å². The first kappa shape index (κ1) is 11.2. The molecule has 94 valence electrons. The average Bonchev–Trinajstić information content (AvgIpc) is 2.76. The number of carbonyl (C=O) groups is 1. The third-order valence-electron chi connectivity index (χ3n) is 3.48. The van der Waals surface area contributed by atoms with Gasteiger partial charge in [0.15, 0.2) is 5.69 Å². The summed E-state index contributed by atoms with van der Waals surface area (Å²) >= 11 is 0. The van der Waals surface area contributed by atoms with E-state index >= 15 is 0 Å². The molecule has 0 saturated carbocycles. The third kappa shape index (κ3) is 1.67. The minimum atomic E-state index is 0.0152. The number of likely N-dealkylation sites (N-methyl/N-ethyl adjacent to an activating group) is 1. The molecule has 0 radical (unpaired) electrons. The molecule has 3 rings (SSSR count). The molecule has 1 fully saturated rings. The van der Waals surface area contributed by atoms with Crippen molar-refractivity contribution in [3.05, 3.63) is 30.0 Å². The second kappa shape index (κ2) is 4.42. The first-order valence-electron chi connectivity index (χ1n) is 6.26. The number of hydrogen-bond acceptors (Lipinski definition) is 3. The number of aromatic amines is 1. The van der Waals surface area contributed by atoms with Gasteiger partial charge in [-0.2, -0.15) is 5.10 Å². The molecule has 18 heavy (non-hydrogen) atoms. The SMILES string of the molecule is CCN(C(=O)c1n[nH]c2ccccc12)C1CNC1. The Kier molecular flexibility index (Phi) is 2.76. The lowest BCUT2D eigenvalue weighted by atomic mass is 10.1. The van der Waals surface area contributed by atoms with Crippen LogP contribution < -0.4 is 5.32 Å². The number of benzene rings is 1. The first-order valence-corrected chi connectivity index (χ1v) is 6.26. The van der Waals surface area contributed by atoms with Crippen LogP contribution in [0.4, 0.5) is 0 Å². The maximum Gasteiger partial charge on any atom is 0.275 e. The standard InChI is InChI=1S/C13H16N4O/c1-2-17(9-7-14-8-9)13(18)12-10-5-3-4-6-11(10)15-16-12/h3-6,9,14H,2,7-8H2,1H3,(H,15,16). The van der Waals surface area contributed by atoms with Gasteiger partial charge in [-0.15, -0.1) is 0 Å². The van der Waals surface area contributed by atoms with Crippen molar-refractivity contribution in [2.24, 2.45) is 0 Å². The van der Waals surface area contributed by atoms with Crippen molar-refractivity contribution in [3.63, 3.8) is 0 Å². The Balaban J connectivity index is 1.95. The average molecular weight is 244 g/mol. The molecule has 1 saturated heterocycles. The number of fused-ring (bicyclic) bond motifs is 1. The highest BCUT2D eigenvalue weighted by Crippen LogP contribution is 2.18. The zero-order valence-electron chi connectivity index (χ0n) is 10.3. The van der Waals surface area contributed by atoms with Crippen molar-refractivity contribution in [1.29, 1.82) is 0 Å².